The molecule has 106 valence electrons. The molecule has 6 heteroatoms. The number of nitrogens with zero attached hydrogens (tertiary/aromatic N) is 3. The number of aryl methyl sites for hydroxylation is 1. The Morgan fingerprint density at radius 2 is 2.00 bits per heavy atom. The minimum Gasteiger partial charge on any atom is -0.297 e. The van der Waals surface area contributed by atoms with E-state index in [1.165, 1.54) is 0 Å². The zero-order valence-corrected chi connectivity index (χ0v) is 14.1. The smallest absolute Gasteiger partial charge is 0.137 e. The molecule has 0 aliphatic rings. The molecule has 0 aliphatic heterocycles. The van der Waals surface area contributed by atoms with Crippen molar-refractivity contribution in [2.45, 2.75) is 6.92 Å². The Hall–Kier alpha value is -1.60. The van der Waals surface area contributed by atoms with Crippen molar-refractivity contribution in [3.8, 4) is 0 Å². The Morgan fingerprint density at radius 3 is 2.76 bits per heavy atom. The fourth-order valence-corrected chi connectivity index (χ4v) is 2.59. The van der Waals surface area contributed by atoms with E-state index in [9.17, 15) is 0 Å². The Labute approximate surface area is 141 Å². The van der Waals surface area contributed by atoms with Crippen LogP contribution in [0.15, 0.2) is 47.7 Å². The van der Waals surface area contributed by atoms with Crippen molar-refractivity contribution >= 4 is 51.7 Å². The molecule has 0 atom stereocenters. The summed E-state index contributed by atoms with van der Waals surface area (Å²) in [5.74, 6) is 0. The van der Waals surface area contributed by atoms with Gasteiger partial charge in [-0.25, -0.2) is 4.98 Å². The molecule has 1 aromatic carbocycles. The lowest BCUT2D eigenvalue weighted by atomic mass is 10.3. The topological polar surface area (TPSA) is 41.7 Å². The number of hydrogen-bond acceptors (Lipinski definition) is 3. The number of fused-ring (bicyclic) bond motifs is 1. The highest BCUT2D eigenvalue weighted by Gasteiger charge is 2.06. The summed E-state index contributed by atoms with van der Waals surface area (Å²) in [6.07, 6.45) is 3.82. The van der Waals surface area contributed by atoms with Gasteiger partial charge >= 0.3 is 0 Å². The molecule has 0 spiro atoms. The van der Waals surface area contributed by atoms with Crippen LogP contribution in [0.5, 0.6) is 0 Å². The zero-order chi connectivity index (χ0) is 14.8. The first-order valence-corrected chi connectivity index (χ1v) is 7.78. The SMILES string of the molecule is Cc1nc2ccc(I)cn2c1C=NNc1ccc(Cl)cc1. The number of benzene rings is 1. The second-order valence-electron chi connectivity index (χ2n) is 4.53. The first kappa shape index (κ1) is 14.3. The van der Waals surface area contributed by atoms with Crippen molar-refractivity contribution in [3.63, 3.8) is 0 Å². The van der Waals surface area contributed by atoms with Crippen LogP contribution in [0.1, 0.15) is 11.4 Å². The van der Waals surface area contributed by atoms with Gasteiger partial charge in [-0.3, -0.25) is 9.83 Å². The van der Waals surface area contributed by atoms with Crippen molar-refractivity contribution in [3.05, 3.63) is 62.6 Å². The van der Waals surface area contributed by atoms with Crippen LogP contribution in [0.4, 0.5) is 5.69 Å². The van der Waals surface area contributed by atoms with Crippen molar-refractivity contribution in [2.24, 2.45) is 5.10 Å². The third kappa shape index (κ3) is 3.19. The third-order valence-corrected chi connectivity index (χ3v) is 3.92. The molecule has 0 unspecified atom stereocenters. The van der Waals surface area contributed by atoms with Gasteiger partial charge in [0.05, 0.1) is 23.3 Å². The molecule has 0 bridgehead atoms. The molecule has 21 heavy (non-hydrogen) atoms. The summed E-state index contributed by atoms with van der Waals surface area (Å²) < 4.78 is 3.18. The van der Waals surface area contributed by atoms with E-state index in [1.54, 1.807) is 6.21 Å². The van der Waals surface area contributed by atoms with Crippen molar-refractivity contribution < 1.29 is 0 Å². The molecule has 0 radical (unpaired) electrons. The molecule has 3 aromatic rings. The molecule has 3 rings (SSSR count). The van der Waals surface area contributed by atoms with Gasteiger partial charge in [0.25, 0.3) is 0 Å². The van der Waals surface area contributed by atoms with Crippen molar-refractivity contribution in [1.29, 1.82) is 0 Å². The number of aromatic nitrogens is 2. The average Bonchev–Trinajstić information content (AvgIpc) is 2.77. The molecule has 0 amide bonds. The van der Waals surface area contributed by atoms with Gasteiger partial charge in [-0.2, -0.15) is 5.10 Å². The summed E-state index contributed by atoms with van der Waals surface area (Å²) in [4.78, 5) is 4.51. The van der Waals surface area contributed by atoms with E-state index >= 15 is 0 Å². The minimum absolute atomic E-state index is 0.705. The predicted molar refractivity (Wildman–Crippen MR) is 95.3 cm³/mol. The maximum atomic E-state index is 5.85. The lowest BCUT2D eigenvalue weighted by molar-refractivity contribution is 1.15. The van der Waals surface area contributed by atoms with Gasteiger partial charge in [0, 0.05) is 14.8 Å². The standard InChI is InChI=1S/C15H12ClIN4/c1-10-14(21-9-12(17)4-7-15(21)19-10)8-18-20-13-5-2-11(16)3-6-13/h2-9,20H,1H3. The lowest BCUT2D eigenvalue weighted by Gasteiger charge is -2.01. The van der Waals surface area contributed by atoms with E-state index in [4.69, 9.17) is 11.6 Å². The molecule has 1 N–H and O–H groups in total. The van der Waals surface area contributed by atoms with Gasteiger partial charge < -0.3 is 0 Å². The molecular formula is C15H12ClIN4. The van der Waals surface area contributed by atoms with E-state index in [2.05, 4.69) is 38.1 Å². The monoisotopic (exact) mass is 410 g/mol. The van der Waals surface area contributed by atoms with E-state index in [1.807, 2.05) is 53.9 Å². The largest absolute Gasteiger partial charge is 0.297 e. The first-order chi connectivity index (χ1) is 10.1. The van der Waals surface area contributed by atoms with Crippen LogP contribution in [0.2, 0.25) is 5.02 Å². The van der Waals surface area contributed by atoms with Gasteiger partial charge in [0.1, 0.15) is 5.65 Å². The normalized spacial score (nSPS) is 11.4. The highest BCUT2D eigenvalue weighted by Crippen LogP contribution is 2.15. The zero-order valence-electron chi connectivity index (χ0n) is 11.2. The fraction of sp³-hybridized carbons (Fsp3) is 0.0667. The summed E-state index contributed by atoms with van der Waals surface area (Å²) in [7, 11) is 0. The highest BCUT2D eigenvalue weighted by molar-refractivity contribution is 14.1. The Morgan fingerprint density at radius 1 is 1.24 bits per heavy atom. The maximum absolute atomic E-state index is 5.85. The quantitative estimate of drug-likeness (QED) is 0.396. The number of nitrogens with one attached hydrogen (secondary N) is 1. The van der Waals surface area contributed by atoms with Crippen LogP contribution in [0, 0.1) is 10.5 Å². The summed E-state index contributed by atoms with van der Waals surface area (Å²) >= 11 is 8.13. The van der Waals surface area contributed by atoms with E-state index in [-0.39, 0.29) is 0 Å². The van der Waals surface area contributed by atoms with Crippen molar-refractivity contribution in [1.82, 2.24) is 9.38 Å². The summed E-state index contributed by atoms with van der Waals surface area (Å²) in [5, 5.41) is 4.98. The lowest BCUT2D eigenvalue weighted by Crippen LogP contribution is -1.96. The molecule has 2 heterocycles. The number of pyridine rings is 1. The van der Waals surface area contributed by atoms with Gasteiger partial charge in [0.15, 0.2) is 0 Å². The summed E-state index contributed by atoms with van der Waals surface area (Å²) in [5.41, 5.74) is 6.69. The van der Waals surface area contributed by atoms with Crippen LogP contribution < -0.4 is 5.43 Å². The molecule has 0 fully saturated rings. The van der Waals surface area contributed by atoms with Crippen LogP contribution >= 0.6 is 34.2 Å². The van der Waals surface area contributed by atoms with Gasteiger partial charge in [-0.15, -0.1) is 0 Å². The number of hydrogen-bond donors (Lipinski definition) is 1. The Bertz CT molecular complexity index is 808. The van der Waals surface area contributed by atoms with E-state index in [0.29, 0.717) is 5.02 Å². The van der Waals surface area contributed by atoms with Crippen LogP contribution in [0.25, 0.3) is 5.65 Å². The fourth-order valence-electron chi connectivity index (χ4n) is 2.00. The number of anilines is 1. The van der Waals surface area contributed by atoms with Crippen LogP contribution in [0.3, 0.4) is 0 Å². The maximum Gasteiger partial charge on any atom is 0.137 e. The average molecular weight is 411 g/mol. The first-order valence-electron chi connectivity index (χ1n) is 6.32. The summed E-state index contributed by atoms with van der Waals surface area (Å²) in [6.45, 7) is 1.98. The van der Waals surface area contributed by atoms with Crippen LogP contribution in [-0.4, -0.2) is 15.6 Å². The molecule has 0 saturated carbocycles. The molecule has 0 saturated heterocycles. The van der Waals surface area contributed by atoms with Gasteiger partial charge in [-0.1, -0.05) is 11.6 Å². The number of imidazole rings is 1. The molecule has 4 nitrogen and oxygen atoms in total. The third-order valence-electron chi connectivity index (χ3n) is 3.03. The second-order valence-corrected chi connectivity index (χ2v) is 6.22. The second kappa shape index (κ2) is 6.03. The number of hydrazone groups is 1. The Kier molecular flexibility index (Phi) is 4.12. The van der Waals surface area contributed by atoms with Gasteiger partial charge in [0.2, 0.25) is 0 Å². The van der Waals surface area contributed by atoms with Gasteiger partial charge in [-0.05, 0) is 65.9 Å². The highest BCUT2D eigenvalue weighted by atomic mass is 127. The number of halogens is 2. The molecule has 0 aliphatic carbocycles. The summed E-state index contributed by atoms with van der Waals surface area (Å²) in [6, 6.07) is 11.4. The predicted octanol–water partition coefficient (Wildman–Crippen LogP) is 4.35. The van der Waals surface area contributed by atoms with Crippen molar-refractivity contribution in [2.75, 3.05) is 5.43 Å². The number of rotatable bonds is 3. The minimum atomic E-state index is 0.705. The Balaban J connectivity index is 1.87. The van der Waals surface area contributed by atoms with Crippen LogP contribution in [-0.2, 0) is 0 Å². The molecule has 2 aromatic heterocycles. The van der Waals surface area contributed by atoms with E-state index in [0.717, 1.165) is 26.3 Å². The van der Waals surface area contributed by atoms with E-state index < -0.39 is 0 Å². The molecular weight excluding hydrogens is 399 g/mol.